The summed E-state index contributed by atoms with van der Waals surface area (Å²) in [6.45, 7) is 0.0652. The molecular formula is C11H14F3NOS. The largest absolute Gasteiger partial charge is 0.446 e. The van der Waals surface area contributed by atoms with Crippen LogP contribution in [0.2, 0.25) is 0 Å². The highest BCUT2D eigenvalue weighted by Gasteiger charge is 2.29. The Morgan fingerprint density at radius 2 is 1.82 bits per heavy atom. The van der Waals surface area contributed by atoms with Gasteiger partial charge in [-0.15, -0.1) is 0 Å². The topological polar surface area (TPSA) is 46.2 Å². The summed E-state index contributed by atoms with van der Waals surface area (Å²) in [4.78, 5) is 0.149. The molecule has 0 aliphatic carbocycles. The summed E-state index contributed by atoms with van der Waals surface area (Å²) >= 11 is -0.142. The highest BCUT2D eigenvalue weighted by Crippen LogP contribution is 2.37. The number of rotatable bonds is 5. The number of benzene rings is 1. The smallest absolute Gasteiger partial charge is 0.396 e. The number of halogens is 3. The first kappa shape index (κ1) is 14.3. The van der Waals surface area contributed by atoms with Crippen LogP contribution in [0.25, 0.3) is 0 Å². The van der Waals surface area contributed by atoms with Crippen LogP contribution in [0.15, 0.2) is 29.2 Å². The fourth-order valence-corrected chi connectivity index (χ4v) is 1.93. The van der Waals surface area contributed by atoms with E-state index >= 15 is 0 Å². The predicted molar refractivity (Wildman–Crippen MR) is 61.6 cm³/mol. The van der Waals surface area contributed by atoms with Crippen LogP contribution in [0.5, 0.6) is 0 Å². The number of aliphatic hydroxyl groups excluding tert-OH is 1. The van der Waals surface area contributed by atoms with Gasteiger partial charge in [0.15, 0.2) is 0 Å². The molecule has 6 heteroatoms. The maximum absolute atomic E-state index is 12.1. The summed E-state index contributed by atoms with van der Waals surface area (Å²) in [7, 11) is 0. The molecule has 1 aromatic carbocycles. The Kier molecular flexibility index (Phi) is 5.30. The van der Waals surface area contributed by atoms with Crippen LogP contribution in [0, 0.1) is 0 Å². The van der Waals surface area contributed by atoms with Gasteiger partial charge in [-0.25, -0.2) is 0 Å². The lowest BCUT2D eigenvalue weighted by Crippen LogP contribution is -2.10. The Balaban J connectivity index is 2.61. The molecule has 2 nitrogen and oxygen atoms in total. The van der Waals surface area contributed by atoms with Crippen molar-refractivity contribution in [3.05, 3.63) is 29.8 Å². The standard InChI is InChI=1S/C11H14F3NOS/c12-11(13,14)17-9-5-3-8(4-6-9)10(15)2-1-7-16/h3-6,10,16H,1-2,7,15H2/t10-/m1/s1. The molecule has 0 aliphatic rings. The van der Waals surface area contributed by atoms with Crippen molar-refractivity contribution >= 4 is 11.8 Å². The highest BCUT2D eigenvalue weighted by atomic mass is 32.2. The first-order chi connectivity index (χ1) is 7.92. The summed E-state index contributed by atoms with van der Waals surface area (Å²) in [6.07, 6.45) is 1.20. The maximum atomic E-state index is 12.1. The van der Waals surface area contributed by atoms with Crippen molar-refractivity contribution in [3.63, 3.8) is 0 Å². The molecule has 1 atom stereocenters. The van der Waals surface area contributed by atoms with Crippen molar-refractivity contribution in [3.8, 4) is 0 Å². The molecule has 17 heavy (non-hydrogen) atoms. The van der Waals surface area contributed by atoms with E-state index < -0.39 is 5.51 Å². The lowest BCUT2D eigenvalue weighted by Gasteiger charge is -2.12. The summed E-state index contributed by atoms with van der Waals surface area (Å²) in [6, 6.07) is 5.76. The van der Waals surface area contributed by atoms with E-state index in [1.54, 1.807) is 12.1 Å². The molecule has 0 bridgehead atoms. The van der Waals surface area contributed by atoms with Crippen LogP contribution in [-0.2, 0) is 0 Å². The number of hydrogen-bond donors (Lipinski definition) is 2. The molecule has 0 saturated carbocycles. The normalized spacial score (nSPS) is 13.7. The van der Waals surface area contributed by atoms with Gasteiger partial charge >= 0.3 is 5.51 Å². The molecule has 0 unspecified atom stereocenters. The summed E-state index contributed by atoms with van der Waals surface area (Å²) in [5.74, 6) is 0. The zero-order valence-electron chi connectivity index (χ0n) is 9.07. The van der Waals surface area contributed by atoms with E-state index in [1.807, 2.05) is 0 Å². The van der Waals surface area contributed by atoms with Crippen LogP contribution >= 0.6 is 11.8 Å². The van der Waals surface area contributed by atoms with Gasteiger partial charge in [-0.05, 0) is 42.3 Å². The van der Waals surface area contributed by atoms with E-state index in [1.165, 1.54) is 12.1 Å². The van der Waals surface area contributed by atoms with Crippen molar-refractivity contribution in [1.82, 2.24) is 0 Å². The third kappa shape index (κ3) is 5.43. The van der Waals surface area contributed by atoms with Crippen LogP contribution in [-0.4, -0.2) is 17.2 Å². The van der Waals surface area contributed by atoms with E-state index in [0.29, 0.717) is 12.8 Å². The van der Waals surface area contributed by atoms with E-state index in [0.717, 1.165) is 5.56 Å². The molecule has 3 N–H and O–H groups in total. The van der Waals surface area contributed by atoms with Crippen molar-refractivity contribution in [1.29, 1.82) is 0 Å². The Bertz CT molecular complexity index is 340. The van der Waals surface area contributed by atoms with E-state index in [9.17, 15) is 13.2 Å². The molecule has 1 aromatic rings. The third-order valence-electron chi connectivity index (χ3n) is 2.22. The van der Waals surface area contributed by atoms with Crippen LogP contribution in [0.3, 0.4) is 0 Å². The fourth-order valence-electron chi connectivity index (χ4n) is 1.39. The molecule has 0 aromatic heterocycles. The second kappa shape index (κ2) is 6.28. The second-order valence-electron chi connectivity index (χ2n) is 3.59. The van der Waals surface area contributed by atoms with Crippen LogP contribution in [0.1, 0.15) is 24.4 Å². The average Bonchev–Trinajstić information content (AvgIpc) is 2.24. The average molecular weight is 265 g/mol. The highest BCUT2D eigenvalue weighted by molar-refractivity contribution is 8.00. The molecule has 0 radical (unpaired) electrons. The van der Waals surface area contributed by atoms with E-state index in [2.05, 4.69) is 0 Å². The minimum Gasteiger partial charge on any atom is -0.396 e. The van der Waals surface area contributed by atoms with Gasteiger partial charge in [-0.2, -0.15) is 13.2 Å². The zero-order chi connectivity index (χ0) is 12.9. The Hall–Kier alpha value is -0.720. The second-order valence-corrected chi connectivity index (χ2v) is 4.73. The SMILES string of the molecule is N[C@H](CCCO)c1ccc(SC(F)(F)F)cc1. The van der Waals surface area contributed by atoms with Crippen molar-refractivity contribution in [2.75, 3.05) is 6.61 Å². The molecule has 96 valence electrons. The van der Waals surface area contributed by atoms with E-state index in [-0.39, 0.29) is 29.3 Å². The number of nitrogens with two attached hydrogens (primary N) is 1. The lowest BCUT2D eigenvalue weighted by atomic mass is 10.0. The molecule has 0 fully saturated rings. The van der Waals surface area contributed by atoms with Gasteiger partial charge in [-0.3, -0.25) is 0 Å². The maximum Gasteiger partial charge on any atom is 0.446 e. The van der Waals surface area contributed by atoms with Crippen LogP contribution < -0.4 is 5.73 Å². The molecule has 0 amide bonds. The lowest BCUT2D eigenvalue weighted by molar-refractivity contribution is -0.0328. The predicted octanol–water partition coefficient (Wildman–Crippen LogP) is 3.07. The Morgan fingerprint density at radius 3 is 2.29 bits per heavy atom. The summed E-state index contributed by atoms with van der Waals surface area (Å²) < 4.78 is 36.2. The zero-order valence-corrected chi connectivity index (χ0v) is 9.89. The Labute approximate surface area is 102 Å². The first-order valence-corrected chi connectivity index (χ1v) is 5.96. The van der Waals surface area contributed by atoms with Gasteiger partial charge in [0.05, 0.1) is 0 Å². The number of alkyl halides is 3. The molecule has 0 heterocycles. The monoisotopic (exact) mass is 265 g/mol. The molecule has 0 spiro atoms. The first-order valence-electron chi connectivity index (χ1n) is 5.14. The van der Waals surface area contributed by atoms with Crippen molar-refractivity contribution in [2.45, 2.75) is 29.3 Å². The van der Waals surface area contributed by atoms with Crippen molar-refractivity contribution in [2.24, 2.45) is 5.73 Å². The number of hydrogen-bond acceptors (Lipinski definition) is 3. The van der Waals surface area contributed by atoms with Gasteiger partial charge in [0.25, 0.3) is 0 Å². The van der Waals surface area contributed by atoms with Crippen LogP contribution in [0.4, 0.5) is 13.2 Å². The van der Waals surface area contributed by atoms with Gasteiger partial charge in [0.1, 0.15) is 0 Å². The van der Waals surface area contributed by atoms with Gasteiger partial charge in [-0.1, -0.05) is 12.1 Å². The summed E-state index contributed by atoms with van der Waals surface area (Å²) in [5, 5.41) is 8.65. The fraction of sp³-hybridized carbons (Fsp3) is 0.455. The molecule has 0 saturated heterocycles. The van der Waals surface area contributed by atoms with E-state index in [4.69, 9.17) is 10.8 Å². The van der Waals surface area contributed by atoms with Gasteiger partial charge in [0.2, 0.25) is 0 Å². The van der Waals surface area contributed by atoms with Gasteiger partial charge in [0, 0.05) is 17.5 Å². The summed E-state index contributed by atoms with van der Waals surface area (Å²) in [5.41, 5.74) is 2.34. The number of thioether (sulfide) groups is 1. The minimum atomic E-state index is -4.26. The minimum absolute atomic E-state index is 0.0652. The molecule has 1 rings (SSSR count). The third-order valence-corrected chi connectivity index (χ3v) is 2.95. The quantitative estimate of drug-likeness (QED) is 0.804. The van der Waals surface area contributed by atoms with Gasteiger partial charge < -0.3 is 10.8 Å². The number of aliphatic hydroxyl groups is 1. The Morgan fingerprint density at radius 1 is 1.24 bits per heavy atom. The molecule has 0 aliphatic heterocycles. The molecular weight excluding hydrogens is 251 g/mol. The van der Waals surface area contributed by atoms with Crippen molar-refractivity contribution < 1.29 is 18.3 Å².